The van der Waals surface area contributed by atoms with E-state index in [1.807, 2.05) is 12.1 Å². The second-order valence-electron chi connectivity index (χ2n) is 9.75. The summed E-state index contributed by atoms with van der Waals surface area (Å²) < 4.78 is 0. The zero-order chi connectivity index (χ0) is 21.3. The second-order valence-corrected chi connectivity index (χ2v) is 9.75. The van der Waals surface area contributed by atoms with E-state index in [2.05, 4.69) is 58.7 Å². The van der Waals surface area contributed by atoms with Crippen LogP contribution >= 0.6 is 0 Å². The van der Waals surface area contributed by atoms with Crippen LogP contribution in [-0.4, -0.2) is 36.3 Å². The molecule has 3 aliphatic rings. The maximum absolute atomic E-state index is 13.9. The number of benzene rings is 2. The fraction of sp³-hybridized carbons (Fsp3) is 0.481. The Hall–Kier alpha value is -2.62. The van der Waals surface area contributed by atoms with Gasteiger partial charge in [-0.1, -0.05) is 73.5 Å². The summed E-state index contributed by atoms with van der Waals surface area (Å²) in [7, 11) is 0. The molecule has 2 aromatic carbocycles. The number of carbonyl (C=O) groups is 2. The van der Waals surface area contributed by atoms with Gasteiger partial charge in [0, 0.05) is 32.0 Å². The van der Waals surface area contributed by atoms with Gasteiger partial charge in [0.1, 0.15) is 0 Å². The Balaban J connectivity index is 1.37. The topological polar surface area (TPSA) is 49.4 Å². The average molecular weight is 417 g/mol. The van der Waals surface area contributed by atoms with Crippen molar-refractivity contribution in [2.75, 3.05) is 19.6 Å². The van der Waals surface area contributed by atoms with Crippen molar-refractivity contribution in [3.05, 3.63) is 71.8 Å². The summed E-state index contributed by atoms with van der Waals surface area (Å²) in [6.45, 7) is 2.21. The van der Waals surface area contributed by atoms with Crippen molar-refractivity contribution >= 4 is 11.8 Å². The summed E-state index contributed by atoms with van der Waals surface area (Å²) in [4.78, 5) is 28.3. The molecule has 4 nitrogen and oxygen atoms in total. The lowest BCUT2D eigenvalue weighted by molar-refractivity contribution is -0.141. The van der Waals surface area contributed by atoms with E-state index in [1.54, 1.807) is 0 Å². The summed E-state index contributed by atoms with van der Waals surface area (Å²) >= 11 is 0. The number of rotatable bonds is 3. The van der Waals surface area contributed by atoms with Crippen LogP contribution in [0.1, 0.15) is 62.0 Å². The van der Waals surface area contributed by atoms with E-state index in [4.69, 9.17) is 0 Å². The van der Waals surface area contributed by atoms with Gasteiger partial charge in [0.25, 0.3) is 0 Å². The van der Waals surface area contributed by atoms with Gasteiger partial charge < -0.3 is 10.2 Å². The monoisotopic (exact) mass is 416 g/mol. The quantitative estimate of drug-likeness (QED) is 0.806. The highest BCUT2D eigenvalue weighted by molar-refractivity contribution is 5.89. The predicted molar refractivity (Wildman–Crippen MR) is 122 cm³/mol. The van der Waals surface area contributed by atoms with Gasteiger partial charge >= 0.3 is 0 Å². The van der Waals surface area contributed by atoms with E-state index in [0.717, 1.165) is 51.6 Å². The Kier molecular flexibility index (Phi) is 5.33. The van der Waals surface area contributed by atoms with Crippen LogP contribution in [-0.2, 0) is 15.0 Å². The molecule has 4 heteroatoms. The lowest BCUT2D eigenvalue weighted by atomic mass is 9.62. The van der Waals surface area contributed by atoms with Crippen molar-refractivity contribution in [2.24, 2.45) is 5.41 Å². The molecule has 1 spiro atoms. The molecule has 0 unspecified atom stereocenters. The Morgan fingerprint density at radius 2 is 1.48 bits per heavy atom. The highest BCUT2D eigenvalue weighted by Crippen LogP contribution is 2.50. The molecule has 1 aliphatic carbocycles. The molecule has 0 aromatic heterocycles. The number of hydrogen-bond acceptors (Lipinski definition) is 2. The molecule has 1 saturated carbocycles. The molecule has 5 rings (SSSR count). The molecule has 162 valence electrons. The molecule has 2 amide bonds. The Labute approximate surface area is 185 Å². The van der Waals surface area contributed by atoms with Crippen molar-refractivity contribution < 1.29 is 9.59 Å². The zero-order valence-electron chi connectivity index (χ0n) is 18.2. The minimum atomic E-state index is -0.353. The number of likely N-dealkylation sites (tertiary alicyclic amines) is 1. The van der Waals surface area contributed by atoms with Crippen molar-refractivity contribution in [3.8, 4) is 0 Å². The van der Waals surface area contributed by atoms with Crippen LogP contribution in [0.4, 0.5) is 0 Å². The summed E-state index contributed by atoms with van der Waals surface area (Å²) in [6, 6.07) is 21.0. The van der Waals surface area contributed by atoms with E-state index in [1.165, 1.54) is 11.1 Å². The zero-order valence-corrected chi connectivity index (χ0v) is 18.2. The third-order valence-corrected chi connectivity index (χ3v) is 8.20. The second kappa shape index (κ2) is 8.14. The van der Waals surface area contributed by atoms with Crippen LogP contribution in [0.25, 0.3) is 0 Å². The Morgan fingerprint density at radius 3 is 2.13 bits per heavy atom. The molecule has 2 saturated heterocycles. The van der Waals surface area contributed by atoms with E-state index < -0.39 is 0 Å². The van der Waals surface area contributed by atoms with E-state index in [9.17, 15) is 9.59 Å². The van der Waals surface area contributed by atoms with Gasteiger partial charge in [-0.3, -0.25) is 9.59 Å². The fourth-order valence-corrected chi connectivity index (χ4v) is 6.44. The molecule has 1 N–H and O–H groups in total. The van der Waals surface area contributed by atoms with Crippen LogP contribution in [0, 0.1) is 5.41 Å². The molecule has 2 aliphatic heterocycles. The normalized spacial score (nSPS) is 24.7. The number of piperidine rings is 2. The molecule has 1 atom stereocenters. The van der Waals surface area contributed by atoms with Gasteiger partial charge in [-0.15, -0.1) is 0 Å². The number of carbonyl (C=O) groups excluding carboxylic acids is 2. The van der Waals surface area contributed by atoms with Crippen LogP contribution in [0.5, 0.6) is 0 Å². The summed E-state index contributed by atoms with van der Waals surface area (Å²) in [5.41, 5.74) is 2.08. The van der Waals surface area contributed by atoms with Crippen molar-refractivity contribution in [1.82, 2.24) is 10.2 Å². The summed E-state index contributed by atoms with van der Waals surface area (Å²) in [5, 5.41) is 3.09. The lowest BCUT2D eigenvalue weighted by Crippen LogP contribution is -2.55. The molecule has 2 aromatic rings. The van der Waals surface area contributed by atoms with Crippen LogP contribution in [0.3, 0.4) is 0 Å². The summed E-state index contributed by atoms with van der Waals surface area (Å²) in [6.07, 6.45) is 6.51. The van der Waals surface area contributed by atoms with Gasteiger partial charge in [-0.2, -0.15) is 0 Å². The number of nitrogens with zero attached hydrogens (tertiary/aromatic N) is 1. The maximum atomic E-state index is 13.9. The van der Waals surface area contributed by atoms with Crippen molar-refractivity contribution in [2.45, 2.75) is 56.3 Å². The van der Waals surface area contributed by atoms with Crippen LogP contribution in [0.15, 0.2) is 60.7 Å². The van der Waals surface area contributed by atoms with Gasteiger partial charge in [0.15, 0.2) is 0 Å². The highest BCUT2D eigenvalue weighted by atomic mass is 16.2. The molecule has 2 heterocycles. The first-order valence-corrected chi connectivity index (χ1v) is 11.8. The first kappa shape index (κ1) is 20.3. The van der Waals surface area contributed by atoms with Crippen LogP contribution in [0.2, 0.25) is 0 Å². The molecular weight excluding hydrogens is 384 g/mol. The Morgan fingerprint density at radius 1 is 0.871 bits per heavy atom. The first-order chi connectivity index (χ1) is 15.1. The van der Waals surface area contributed by atoms with E-state index >= 15 is 0 Å². The standard InChI is InChI=1S/C27H32N2O2/c30-24-19-26(23(20-28-24)21-9-3-1-4-10-21)15-17-29(18-16-26)25(31)27(13-7-8-14-27)22-11-5-2-6-12-22/h1-6,9-12,23H,7-8,13-20H2,(H,28,30)/t23-/m1/s1. The van der Waals surface area contributed by atoms with Gasteiger partial charge in [0.05, 0.1) is 5.41 Å². The molecule has 3 fully saturated rings. The molecule has 31 heavy (non-hydrogen) atoms. The number of hydrogen-bond donors (Lipinski definition) is 1. The first-order valence-electron chi connectivity index (χ1n) is 11.8. The highest BCUT2D eigenvalue weighted by Gasteiger charge is 2.50. The molecule has 0 bridgehead atoms. The fourth-order valence-electron chi connectivity index (χ4n) is 6.44. The van der Waals surface area contributed by atoms with Crippen LogP contribution < -0.4 is 5.32 Å². The van der Waals surface area contributed by atoms with Crippen molar-refractivity contribution in [1.29, 1.82) is 0 Å². The number of amides is 2. The largest absolute Gasteiger partial charge is 0.355 e. The molecular formula is C27H32N2O2. The third-order valence-electron chi connectivity index (χ3n) is 8.20. The average Bonchev–Trinajstić information content (AvgIpc) is 3.32. The molecule has 0 radical (unpaired) electrons. The van der Waals surface area contributed by atoms with E-state index in [0.29, 0.717) is 24.8 Å². The SMILES string of the molecule is O=C1CC2(CCN(C(=O)C3(c4ccccc4)CCCC3)CC2)[C@@H](c2ccccc2)CN1. The minimum Gasteiger partial charge on any atom is -0.355 e. The minimum absolute atomic E-state index is 0.0456. The van der Waals surface area contributed by atoms with Crippen molar-refractivity contribution in [3.63, 3.8) is 0 Å². The lowest BCUT2D eigenvalue weighted by Gasteiger charge is -2.50. The predicted octanol–water partition coefficient (Wildman–Crippen LogP) is 4.41. The van der Waals surface area contributed by atoms with Gasteiger partial charge in [0.2, 0.25) is 11.8 Å². The van der Waals surface area contributed by atoms with Gasteiger partial charge in [-0.05, 0) is 42.2 Å². The maximum Gasteiger partial charge on any atom is 0.233 e. The third kappa shape index (κ3) is 3.56. The van der Waals surface area contributed by atoms with E-state index in [-0.39, 0.29) is 16.7 Å². The van der Waals surface area contributed by atoms with Gasteiger partial charge in [-0.25, -0.2) is 0 Å². The summed E-state index contributed by atoms with van der Waals surface area (Å²) in [5.74, 6) is 0.782. The number of nitrogens with one attached hydrogen (secondary N) is 1. The smallest absolute Gasteiger partial charge is 0.233 e. The Bertz CT molecular complexity index is 926.